The Labute approximate surface area is 115 Å². The predicted molar refractivity (Wildman–Crippen MR) is 73.7 cm³/mol. The number of nitrogens with one attached hydrogen (secondary N) is 1. The van der Waals surface area contributed by atoms with Gasteiger partial charge in [-0.05, 0) is 41.4 Å². The fraction of sp³-hybridized carbons (Fsp3) is 0.333. The van der Waals surface area contributed by atoms with Crippen LogP contribution in [0.15, 0.2) is 29.0 Å². The van der Waals surface area contributed by atoms with Crippen molar-refractivity contribution in [2.75, 3.05) is 0 Å². The Morgan fingerprint density at radius 2 is 2.33 bits per heavy atom. The molecule has 96 valence electrons. The van der Waals surface area contributed by atoms with Gasteiger partial charge in [0, 0.05) is 12.7 Å². The predicted octanol–water partition coefficient (Wildman–Crippen LogP) is 1.92. The van der Waals surface area contributed by atoms with Crippen molar-refractivity contribution in [3.05, 3.63) is 46.0 Å². The van der Waals surface area contributed by atoms with Crippen LogP contribution in [0.25, 0.3) is 0 Å². The molecule has 0 aromatic carbocycles. The molecule has 2 heterocycles. The van der Waals surface area contributed by atoms with Gasteiger partial charge in [-0.3, -0.25) is 15.5 Å². The average molecular weight is 310 g/mol. The molecule has 0 amide bonds. The summed E-state index contributed by atoms with van der Waals surface area (Å²) in [6.07, 6.45) is 3.55. The minimum atomic E-state index is -0.178. The summed E-state index contributed by atoms with van der Waals surface area (Å²) in [5.74, 6) is 5.71. The molecule has 2 aromatic heterocycles. The van der Waals surface area contributed by atoms with Crippen LogP contribution < -0.4 is 11.3 Å². The second-order valence-electron chi connectivity index (χ2n) is 4.00. The van der Waals surface area contributed by atoms with E-state index in [1.54, 1.807) is 12.4 Å². The van der Waals surface area contributed by atoms with Gasteiger partial charge in [0.25, 0.3) is 0 Å². The summed E-state index contributed by atoms with van der Waals surface area (Å²) < 4.78 is 2.83. The Balaban J connectivity index is 2.52. The lowest BCUT2D eigenvalue weighted by Gasteiger charge is -2.19. The molecule has 6 heteroatoms. The van der Waals surface area contributed by atoms with Gasteiger partial charge in [0.05, 0.1) is 22.1 Å². The van der Waals surface area contributed by atoms with Crippen molar-refractivity contribution in [3.8, 4) is 0 Å². The van der Waals surface area contributed by atoms with Crippen molar-refractivity contribution >= 4 is 15.9 Å². The summed E-state index contributed by atoms with van der Waals surface area (Å²) in [6, 6.07) is 3.76. The molecule has 0 spiro atoms. The Morgan fingerprint density at radius 1 is 1.56 bits per heavy atom. The minimum Gasteiger partial charge on any atom is -0.270 e. The van der Waals surface area contributed by atoms with Crippen LogP contribution in [0.3, 0.4) is 0 Å². The number of hydrogen-bond acceptors (Lipinski definition) is 4. The third-order valence-electron chi connectivity index (χ3n) is 2.90. The van der Waals surface area contributed by atoms with Crippen LogP contribution in [0, 0.1) is 6.92 Å². The lowest BCUT2D eigenvalue weighted by Crippen LogP contribution is -2.32. The number of hydrogen-bond donors (Lipinski definition) is 2. The first kappa shape index (κ1) is 13.2. The summed E-state index contributed by atoms with van der Waals surface area (Å²) in [5, 5.41) is 4.30. The zero-order chi connectivity index (χ0) is 13.1. The van der Waals surface area contributed by atoms with Crippen molar-refractivity contribution in [2.45, 2.75) is 26.4 Å². The highest BCUT2D eigenvalue weighted by Gasteiger charge is 2.22. The smallest absolute Gasteiger partial charge is 0.106 e. The summed E-state index contributed by atoms with van der Waals surface area (Å²) >= 11 is 3.51. The molecule has 2 rings (SSSR count). The van der Waals surface area contributed by atoms with Crippen molar-refractivity contribution < 1.29 is 0 Å². The number of nitrogens with two attached hydrogens (primary N) is 1. The number of rotatable bonds is 4. The Morgan fingerprint density at radius 3 is 2.94 bits per heavy atom. The van der Waals surface area contributed by atoms with Crippen molar-refractivity contribution in [1.29, 1.82) is 0 Å². The summed E-state index contributed by atoms with van der Waals surface area (Å²) in [7, 11) is 0. The first-order valence-electron chi connectivity index (χ1n) is 5.77. The molecule has 0 aliphatic carbocycles. The van der Waals surface area contributed by atoms with E-state index in [0.29, 0.717) is 0 Å². The standard InChI is InChI=1S/C12H16BrN5/c1-3-18-12(9(13)7-16-18)11(17-14)10-8(2)5-4-6-15-10/h4-7,11,17H,3,14H2,1-2H3. The molecule has 1 unspecified atom stereocenters. The second-order valence-corrected chi connectivity index (χ2v) is 4.85. The SMILES string of the molecule is CCn1ncc(Br)c1C(NN)c1ncccc1C. The van der Waals surface area contributed by atoms with Gasteiger partial charge in [0.15, 0.2) is 0 Å². The van der Waals surface area contributed by atoms with Crippen LogP contribution in [-0.2, 0) is 6.54 Å². The van der Waals surface area contributed by atoms with Gasteiger partial charge in [0.1, 0.15) is 6.04 Å². The summed E-state index contributed by atoms with van der Waals surface area (Å²) in [5.41, 5.74) is 5.82. The molecule has 1 atom stereocenters. The third-order valence-corrected chi connectivity index (χ3v) is 3.51. The maximum Gasteiger partial charge on any atom is 0.106 e. The molecule has 0 fully saturated rings. The van der Waals surface area contributed by atoms with Crippen LogP contribution in [0.2, 0.25) is 0 Å². The highest BCUT2D eigenvalue weighted by molar-refractivity contribution is 9.10. The second kappa shape index (κ2) is 5.60. The molecular weight excluding hydrogens is 294 g/mol. The number of halogens is 1. The number of pyridine rings is 1. The Hall–Kier alpha value is -1.24. The van der Waals surface area contributed by atoms with E-state index in [4.69, 9.17) is 5.84 Å². The molecule has 0 aliphatic rings. The monoisotopic (exact) mass is 309 g/mol. The Kier molecular flexibility index (Phi) is 4.11. The first-order valence-corrected chi connectivity index (χ1v) is 6.57. The zero-order valence-corrected chi connectivity index (χ0v) is 12.0. The van der Waals surface area contributed by atoms with E-state index in [2.05, 4.69) is 31.4 Å². The molecular formula is C12H16BrN5. The lowest BCUT2D eigenvalue weighted by atomic mass is 10.1. The topological polar surface area (TPSA) is 68.8 Å². The van der Waals surface area contributed by atoms with Crippen LogP contribution in [0.5, 0.6) is 0 Å². The van der Waals surface area contributed by atoms with Gasteiger partial charge < -0.3 is 0 Å². The fourth-order valence-electron chi connectivity index (χ4n) is 2.00. The number of aryl methyl sites for hydroxylation is 2. The fourth-order valence-corrected chi connectivity index (χ4v) is 2.52. The van der Waals surface area contributed by atoms with Crippen LogP contribution in [0.4, 0.5) is 0 Å². The van der Waals surface area contributed by atoms with Crippen molar-refractivity contribution in [3.63, 3.8) is 0 Å². The summed E-state index contributed by atoms with van der Waals surface area (Å²) in [4.78, 5) is 4.42. The van der Waals surface area contributed by atoms with Gasteiger partial charge >= 0.3 is 0 Å². The summed E-state index contributed by atoms with van der Waals surface area (Å²) in [6.45, 7) is 4.85. The quantitative estimate of drug-likeness (QED) is 0.669. The highest BCUT2D eigenvalue weighted by atomic mass is 79.9. The van der Waals surface area contributed by atoms with Crippen molar-refractivity contribution in [2.24, 2.45) is 5.84 Å². The van der Waals surface area contributed by atoms with Gasteiger partial charge in [-0.2, -0.15) is 5.10 Å². The van der Waals surface area contributed by atoms with E-state index in [0.717, 1.165) is 28.0 Å². The van der Waals surface area contributed by atoms with Crippen LogP contribution in [0.1, 0.15) is 29.9 Å². The van der Waals surface area contributed by atoms with Crippen LogP contribution >= 0.6 is 15.9 Å². The van der Waals surface area contributed by atoms with E-state index in [-0.39, 0.29) is 6.04 Å². The van der Waals surface area contributed by atoms with Gasteiger partial charge in [-0.15, -0.1) is 0 Å². The molecule has 0 saturated heterocycles. The molecule has 18 heavy (non-hydrogen) atoms. The van der Waals surface area contributed by atoms with Gasteiger partial charge in [0.2, 0.25) is 0 Å². The number of nitrogens with zero attached hydrogens (tertiary/aromatic N) is 3. The molecule has 3 N–H and O–H groups in total. The van der Waals surface area contributed by atoms with E-state index in [1.165, 1.54) is 0 Å². The zero-order valence-electron chi connectivity index (χ0n) is 10.4. The largest absolute Gasteiger partial charge is 0.270 e. The molecule has 0 saturated carbocycles. The van der Waals surface area contributed by atoms with Crippen molar-refractivity contribution in [1.82, 2.24) is 20.2 Å². The maximum absolute atomic E-state index is 5.71. The van der Waals surface area contributed by atoms with E-state index in [9.17, 15) is 0 Å². The molecule has 5 nitrogen and oxygen atoms in total. The van der Waals surface area contributed by atoms with Crippen LogP contribution in [-0.4, -0.2) is 14.8 Å². The Bertz CT molecular complexity index is 537. The van der Waals surface area contributed by atoms with Gasteiger partial charge in [-0.1, -0.05) is 6.07 Å². The molecule has 2 aromatic rings. The minimum absolute atomic E-state index is 0.178. The first-order chi connectivity index (χ1) is 8.69. The third kappa shape index (κ3) is 2.31. The van der Waals surface area contributed by atoms with Gasteiger partial charge in [-0.25, -0.2) is 5.43 Å². The maximum atomic E-state index is 5.71. The lowest BCUT2D eigenvalue weighted by molar-refractivity contribution is 0.532. The van der Waals surface area contributed by atoms with E-state index >= 15 is 0 Å². The number of aromatic nitrogens is 3. The van der Waals surface area contributed by atoms with E-state index < -0.39 is 0 Å². The molecule has 0 radical (unpaired) electrons. The average Bonchev–Trinajstić information content (AvgIpc) is 2.74. The van der Waals surface area contributed by atoms with E-state index in [1.807, 2.05) is 30.7 Å². The number of hydrazine groups is 1. The molecule has 0 bridgehead atoms. The highest BCUT2D eigenvalue weighted by Crippen LogP contribution is 2.28. The normalized spacial score (nSPS) is 12.7. The molecule has 0 aliphatic heterocycles.